The summed E-state index contributed by atoms with van der Waals surface area (Å²) in [4.78, 5) is 0. The van der Waals surface area contributed by atoms with Crippen LogP contribution in [0.2, 0.25) is 0 Å². The van der Waals surface area contributed by atoms with Gasteiger partial charge in [0, 0.05) is 32.6 Å². The highest BCUT2D eigenvalue weighted by molar-refractivity contribution is 9.10. The van der Waals surface area contributed by atoms with Crippen molar-refractivity contribution in [1.82, 2.24) is 0 Å². The molecule has 0 spiro atoms. The quantitative estimate of drug-likeness (QED) is 0.168. The lowest BCUT2D eigenvalue weighted by Crippen LogP contribution is -2.39. The van der Waals surface area contributed by atoms with Crippen molar-refractivity contribution in [3.8, 4) is 46.0 Å². The second-order valence-corrected chi connectivity index (χ2v) is 12.6. The van der Waals surface area contributed by atoms with Crippen LogP contribution in [0.4, 0.5) is 0 Å². The average Bonchev–Trinajstić information content (AvgIpc) is 3.09. The van der Waals surface area contributed by atoms with Crippen molar-refractivity contribution < 1.29 is 37.9 Å². The first-order chi connectivity index (χ1) is 22.4. The van der Waals surface area contributed by atoms with Gasteiger partial charge in [0.25, 0.3) is 0 Å². The van der Waals surface area contributed by atoms with Gasteiger partial charge in [-0.15, -0.1) is 0 Å². The Morgan fingerprint density at radius 3 is 1.57 bits per heavy atom. The highest BCUT2D eigenvalue weighted by Crippen LogP contribution is 2.65. The number of ether oxygens (including phenoxy) is 8. The number of fused-ring (bicyclic) bond motifs is 4. The molecule has 0 saturated heterocycles. The monoisotopic (exact) mass is 752 g/mol. The van der Waals surface area contributed by atoms with Crippen molar-refractivity contribution >= 4 is 37.9 Å². The fourth-order valence-corrected chi connectivity index (χ4v) is 6.94. The van der Waals surface area contributed by atoms with Gasteiger partial charge in [0.05, 0.1) is 54.1 Å². The second kappa shape index (κ2) is 13.4. The number of hydrogen-bond donors (Lipinski definition) is 0. The van der Waals surface area contributed by atoms with E-state index in [4.69, 9.17) is 37.9 Å². The lowest BCUT2D eigenvalue weighted by molar-refractivity contribution is -0.0138. The average molecular weight is 754 g/mol. The molecule has 10 heteroatoms. The van der Waals surface area contributed by atoms with Crippen LogP contribution >= 0.6 is 31.9 Å². The first-order valence-electron chi connectivity index (χ1n) is 14.6. The highest BCUT2D eigenvalue weighted by Gasteiger charge is 2.53. The van der Waals surface area contributed by atoms with Gasteiger partial charge >= 0.3 is 0 Å². The van der Waals surface area contributed by atoms with Crippen molar-refractivity contribution in [2.45, 2.75) is 18.1 Å². The standard InChI is InChI=1S/C36H34Br2O8/c1-39-24-17-26(41-3)32(43-5)35-28(24)23(16-9-19-7-12-21(37)13-8-19)29-31(20-10-14-22(38)15-11-20)45-36-30(34(29)46-35)25(40-2)18-27(42-4)33(36)44-6/h7-18,23,29,31,34H,1-6H3/b16-9+/t23-,29-,31-,34-/m1/s1. The molecule has 4 aromatic carbocycles. The molecule has 2 aliphatic rings. The Morgan fingerprint density at radius 1 is 0.565 bits per heavy atom. The van der Waals surface area contributed by atoms with Crippen molar-refractivity contribution in [2.75, 3.05) is 42.7 Å². The van der Waals surface area contributed by atoms with Crippen molar-refractivity contribution in [2.24, 2.45) is 5.92 Å². The molecule has 8 nitrogen and oxygen atoms in total. The van der Waals surface area contributed by atoms with E-state index in [9.17, 15) is 0 Å². The molecule has 0 aliphatic carbocycles. The van der Waals surface area contributed by atoms with Crippen LogP contribution in [0.15, 0.2) is 75.7 Å². The summed E-state index contributed by atoms with van der Waals surface area (Å²) in [5, 5.41) is 0. The van der Waals surface area contributed by atoms with E-state index in [0.29, 0.717) is 51.6 Å². The summed E-state index contributed by atoms with van der Waals surface area (Å²) in [6.45, 7) is 0. The summed E-state index contributed by atoms with van der Waals surface area (Å²) in [5.41, 5.74) is 3.52. The molecule has 46 heavy (non-hydrogen) atoms. The van der Waals surface area contributed by atoms with Crippen LogP contribution in [0.3, 0.4) is 0 Å². The Bertz CT molecular complexity index is 1750. The topological polar surface area (TPSA) is 73.8 Å². The number of allylic oxidation sites excluding steroid dienone is 1. The van der Waals surface area contributed by atoms with E-state index in [1.165, 1.54) is 0 Å². The Balaban J connectivity index is 1.68. The molecule has 0 radical (unpaired) electrons. The van der Waals surface area contributed by atoms with Gasteiger partial charge in [-0.05, 0) is 35.4 Å². The van der Waals surface area contributed by atoms with E-state index in [1.54, 1.807) is 48.7 Å². The molecule has 2 heterocycles. The molecular formula is C36H34Br2O8. The van der Waals surface area contributed by atoms with Crippen molar-refractivity contribution in [3.05, 3.63) is 97.9 Å². The zero-order valence-electron chi connectivity index (χ0n) is 26.3. The third-order valence-electron chi connectivity index (χ3n) is 8.48. The van der Waals surface area contributed by atoms with Crippen molar-refractivity contribution in [1.29, 1.82) is 0 Å². The van der Waals surface area contributed by atoms with Crippen LogP contribution < -0.4 is 37.9 Å². The first kappa shape index (κ1) is 31.9. The number of halogens is 2. The Kier molecular flexibility index (Phi) is 9.29. The zero-order valence-corrected chi connectivity index (χ0v) is 29.4. The molecular weight excluding hydrogens is 720 g/mol. The molecule has 0 saturated carbocycles. The molecule has 0 N–H and O–H groups in total. The van der Waals surface area contributed by atoms with E-state index >= 15 is 0 Å². The summed E-state index contributed by atoms with van der Waals surface area (Å²) < 4.78 is 51.3. The molecule has 4 atom stereocenters. The molecule has 0 bridgehead atoms. The summed E-state index contributed by atoms with van der Waals surface area (Å²) in [5.74, 6) is 3.46. The minimum Gasteiger partial charge on any atom is -0.496 e. The van der Waals surface area contributed by atoms with E-state index in [1.807, 2.05) is 30.3 Å². The van der Waals surface area contributed by atoms with Gasteiger partial charge in [-0.3, -0.25) is 0 Å². The Labute approximate surface area is 285 Å². The molecule has 4 aromatic rings. The van der Waals surface area contributed by atoms with Crippen LogP contribution in [-0.2, 0) is 0 Å². The van der Waals surface area contributed by atoms with E-state index in [2.05, 4.69) is 68.3 Å². The first-order valence-corrected chi connectivity index (χ1v) is 16.1. The predicted molar refractivity (Wildman–Crippen MR) is 182 cm³/mol. The minimum atomic E-state index is -0.579. The molecule has 0 aromatic heterocycles. The summed E-state index contributed by atoms with van der Waals surface area (Å²) in [6.07, 6.45) is 3.23. The lowest BCUT2D eigenvalue weighted by atomic mass is 9.70. The molecule has 0 fully saturated rings. The van der Waals surface area contributed by atoms with Gasteiger partial charge in [0.2, 0.25) is 11.5 Å². The minimum absolute atomic E-state index is 0.285. The Morgan fingerprint density at radius 2 is 1.04 bits per heavy atom. The number of methoxy groups -OCH3 is 6. The fourth-order valence-electron chi connectivity index (χ4n) is 6.41. The lowest BCUT2D eigenvalue weighted by Gasteiger charge is -2.47. The molecule has 2 aliphatic heterocycles. The number of hydrogen-bond acceptors (Lipinski definition) is 8. The van der Waals surface area contributed by atoms with Gasteiger partial charge in [0.1, 0.15) is 23.7 Å². The highest BCUT2D eigenvalue weighted by atomic mass is 79.9. The van der Waals surface area contributed by atoms with E-state index in [-0.39, 0.29) is 11.8 Å². The van der Waals surface area contributed by atoms with Gasteiger partial charge in [-0.2, -0.15) is 0 Å². The molecule has 0 unspecified atom stereocenters. The Hall–Kier alpha value is -4.02. The maximum atomic E-state index is 7.07. The van der Waals surface area contributed by atoms with Crippen LogP contribution in [0, 0.1) is 5.92 Å². The van der Waals surface area contributed by atoms with E-state index < -0.39 is 12.2 Å². The molecule has 240 valence electrons. The van der Waals surface area contributed by atoms with Gasteiger partial charge in [-0.1, -0.05) is 68.3 Å². The number of rotatable bonds is 9. The maximum absolute atomic E-state index is 7.07. The third-order valence-corrected chi connectivity index (χ3v) is 9.54. The smallest absolute Gasteiger partial charge is 0.204 e. The maximum Gasteiger partial charge on any atom is 0.204 e. The number of benzene rings is 4. The summed E-state index contributed by atoms with van der Waals surface area (Å²) in [7, 11) is 9.63. The van der Waals surface area contributed by atoms with Gasteiger partial charge < -0.3 is 37.9 Å². The van der Waals surface area contributed by atoms with E-state index in [0.717, 1.165) is 25.6 Å². The third kappa shape index (κ3) is 5.51. The largest absolute Gasteiger partial charge is 0.496 e. The normalized spacial score (nSPS) is 19.6. The summed E-state index contributed by atoms with van der Waals surface area (Å²) >= 11 is 7.13. The SMILES string of the molecule is COc1cc(OC)c2c(c1OC)O[C@H]1c3c(OC)cc(OC)c(OC)c3O[C@H](c3ccc(Br)cc3)[C@H]1[C@@H]2/C=C/c1ccc(Br)cc1. The van der Waals surface area contributed by atoms with Crippen LogP contribution in [-0.4, -0.2) is 42.7 Å². The van der Waals surface area contributed by atoms with Gasteiger partial charge in [-0.25, -0.2) is 0 Å². The zero-order chi connectivity index (χ0) is 32.5. The van der Waals surface area contributed by atoms with Crippen LogP contribution in [0.5, 0.6) is 46.0 Å². The van der Waals surface area contributed by atoms with Gasteiger partial charge in [0.15, 0.2) is 23.0 Å². The van der Waals surface area contributed by atoms with Crippen LogP contribution in [0.25, 0.3) is 6.08 Å². The fraction of sp³-hybridized carbons (Fsp3) is 0.278. The second-order valence-electron chi connectivity index (χ2n) is 10.8. The molecule has 6 rings (SSSR count). The molecule has 0 amide bonds. The summed E-state index contributed by atoms with van der Waals surface area (Å²) in [6, 6.07) is 19.9. The predicted octanol–water partition coefficient (Wildman–Crippen LogP) is 8.94. The van der Waals surface area contributed by atoms with Crippen molar-refractivity contribution in [3.63, 3.8) is 0 Å². The van der Waals surface area contributed by atoms with Crippen LogP contribution in [0.1, 0.15) is 40.4 Å².